The lowest BCUT2D eigenvalue weighted by atomic mass is 10.2. The molecule has 1 N–H and O–H groups in total. The van der Waals surface area contributed by atoms with E-state index in [-0.39, 0.29) is 11.4 Å². The van der Waals surface area contributed by atoms with Crippen LogP contribution in [0.25, 0.3) is 17.0 Å². The van der Waals surface area contributed by atoms with E-state index in [0.717, 1.165) is 12.3 Å². The van der Waals surface area contributed by atoms with E-state index in [4.69, 9.17) is 4.74 Å². The summed E-state index contributed by atoms with van der Waals surface area (Å²) in [6.07, 6.45) is -4.02. The Morgan fingerprint density at radius 2 is 1.87 bits per heavy atom. The van der Waals surface area contributed by atoms with Crippen LogP contribution in [-0.2, 0) is 16.0 Å². The van der Waals surface area contributed by atoms with Crippen LogP contribution >= 0.6 is 0 Å². The van der Waals surface area contributed by atoms with E-state index in [2.05, 4.69) is 10.1 Å². The number of pyridine rings is 2. The Hall–Kier alpha value is -3.03. The van der Waals surface area contributed by atoms with Gasteiger partial charge in [0.2, 0.25) is 0 Å². The highest BCUT2D eigenvalue weighted by Gasteiger charge is 2.38. The Bertz CT molecular complexity index is 1280. The number of alkyl halides is 5. The molecule has 168 valence electrons. The molecule has 14 heteroatoms. The molecule has 31 heavy (non-hydrogen) atoms. The van der Waals surface area contributed by atoms with Gasteiger partial charge in [0.1, 0.15) is 11.3 Å². The summed E-state index contributed by atoms with van der Waals surface area (Å²) in [6, 6.07) is 2.71. The molecule has 3 aromatic heterocycles. The number of hydrogen-bond donors (Lipinski definition) is 1. The smallest absolute Gasteiger partial charge is 0.420 e. The molecule has 0 amide bonds. The fourth-order valence-electron chi connectivity index (χ4n) is 2.72. The lowest BCUT2D eigenvalue weighted by Gasteiger charge is -2.16. The monoisotopic (exact) mass is 466 g/mol. The van der Waals surface area contributed by atoms with Crippen molar-refractivity contribution in [1.29, 1.82) is 0 Å². The first-order valence-electron chi connectivity index (χ1n) is 8.66. The van der Waals surface area contributed by atoms with Gasteiger partial charge in [-0.15, -0.1) is 0 Å². The number of hydrogen-bond acceptors (Lipinski definition) is 6. The quantitative estimate of drug-likeness (QED) is 0.560. The number of ether oxygens (including phenoxy) is 1. The Kier molecular flexibility index (Phi) is 5.54. The van der Waals surface area contributed by atoms with Crippen LogP contribution in [0.3, 0.4) is 0 Å². The fraction of sp³-hybridized carbons (Fsp3) is 0.353. The van der Waals surface area contributed by atoms with Crippen molar-refractivity contribution < 1.29 is 35.1 Å². The Morgan fingerprint density at radius 3 is 2.39 bits per heavy atom. The van der Waals surface area contributed by atoms with Gasteiger partial charge in [0.15, 0.2) is 22.1 Å². The van der Waals surface area contributed by atoms with Gasteiger partial charge < -0.3 is 4.74 Å². The van der Waals surface area contributed by atoms with E-state index in [0.29, 0.717) is 17.4 Å². The average Bonchev–Trinajstić information content (AvgIpc) is 3.06. The zero-order valence-corrected chi connectivity index (χ0v) is 16.8. The molecule has 0 bridgehead atoms. The van der Waals surface area contributed by atoms with Gasteiger partial charge in [-0.2, -0.15) is 18.3 Å². The maximum absolute atomic E-state index is 13.5. The third kappa shape index (κ3) is 4.52. The second kappa shape index (κ2) is 7.59. The molecule has 0 saturated carbocycles. The summed E-state index contributed by atoms with van der Waals surface area (Å²) >= 11 is 0. The van der Waals surface area contributed by atoms with Crippen LogP contribution in [0.5, 0.6) is 5.75 Å². The van der Waals surface area contributed by atoms with Crippen LogP contribution in [-0.4, -0.2) is 46.3 Å². The molecule has 0 aliphatic heterocycles. The number of aromatic nitrogens is 4. The summed E-state index contributed by atoms with van der Waals surface area (Å²) in [6.45, 7) is 0.917. The molecule has 0 aliphatic rings. The maximum atomic E-state index is 13.5. The van der Waals surface area contributed by atoms with E-state index < -0.39 is 61.8 Å². The molecule has 0 fully saturated rings. The molecule has 0 spiro atoms. The number of fused-ring (bicyclic) bond motifs is 1. The minimum Gasteiger partial charge on any atom is -0.486 e. The summed E-state index contributed by atoms with van der Waals surface area (Å²) in [5.74, 6) is -3.76. The second-order valence-corrected chi connectivity index (χ2v) is 8.84. The molecular weight excluding hydrogens is 451 g/mol. The molecule has 3 heterocycles. The second-order valence-electron chi connectivity index (χ2n) is 6.60. The van der Waals surface area contributed by atoms with Gasteiger partial charge in [-0.1, -0.05) is 6.92 Å². The highest BCUT2D eigenvalue weighted by molar-refractivity contribution is 7.91. The van der Waals surface area contributed by atoms with Crippen molar-refractivity contribution in [3.05, 3.63) is 40.4 Å². The van der Waals surface area contributed by atoms with Crippen LogP contribution in [0.2, 0.25) is 0 Å². The van der Waals surface area contributed by atoms with Gasteiger partial charge in [-0.25, -0.2) is 31.5 Å². The Labute approximate surface area is 171 Å². The maximum Gasteiger partial charge on any atom is 0.420 e. The fourth-order valence-corrected chi connectivity index (χ4v) is 3.82. The van der Waals surface area contributed by atoms with Crippen molar-refractivity contribution in [3.63, 3.8) is 0 Å². The van der Waals surface area contributed by atoms with Gasteiger partial charge >= 0.3 is 11.9 Å². The van der Waals surface area contributed by atoms with Crippen LogP contribution in [0.4, 0.5) is 22.0 Å². The number of aromatic amines is 1. The first-order chi connectivity index (χ1) is 14.2. The highest BCUT2D eigenvalue weighted by Crippen LogP contribution is 2.37. The first-order valence-corrected chi connectivity index (χ1v) is 10.3. The highest BCUT2D eigenvalue weighted by atomic mass is 32.2. The minimum atomic E-state index is -5.00. The van der Waals surface area contributed by atoms with E-state index in [1.54, 1.807) is 0 Å². The number of nitrogens with zero attached hydrogens (tertiary/aromatic N) is 3. The normalized spacial score (nSPS) is 13.0. The summed E-state index contributed by atoms with van der Waals surface area (Å²) in [4.78, 5) is 15.4. The number of halogens is 5. The lowest BCUT2D eigenvalue weighted by molar-refractivity contribution is -0.136. The third-order valence-electron chi connectivity index (χ3n) is 4.14. The predicted molar refractivity (Wildman–Crippen MR) is 97.9 cm³/mol. The van der Waals surface area contributed by atoms with Gasteiger partial charge in [0.25, 0.3) is 5.92 Å². The number of H-pyrrole nitrogens is 1. The summed E-state index contributed by atoms with van der Waals surface area (Å²) in [7, 11) is -4.26. The molecule has 0 unspecified atom stereocenters. The van der Waals surface area contributed by atoms with Crippen LogP contribution in [0, 0.1) is 0 Å². The lowest BCUT2D eigenvalue weighted by Crippen LogP contribution is -2.21. The molecule has 3 rings (SSSR count). The van der Waals surface area contributed by atoms with E-state index in [1.807, 2.05) is 5.10 Å². The standard InChI is InChI=1S/C17H15F5N4O4S/c1-3-31(28,29)12-6-10(17(20,21)22)14-24-25-15(27)26(14)13(12)11-5-4-9(7-23-11)30-8-16(2,18)19/h4-7H,3,8H2,1-2H3,(H,25,27). The van der Waals surface area contributed by atoms with Crippen LogP contribution < -0.4 is 10.4 Å². The topological polar surface area (TPSA) is 106 Å². The summed E-state index contributed by atoms with van der Waals surface area (Å²) in [5.41, 5.74) is -4.03. The molecule has 0 radical (unpaired) electrons. The zero-order valence-electron chi connectivity index (χ0n) is 16.0. The van der Waals surface area contributed by atoms with E-state index >= 15 is 0 Å². The van der Waals surface area contributed by atoms with Gasteiger partial charge in [-0.05, 0) is 18.2 Å². The molecule has 0 aromatic carbocycles. The van der Waals surface area contributed by atoms with E-state index in [9.17, 15) is 35.2 Å². The van der Waals surface area contributed by atoms with Crippen molar-refractivity contribution in [2.75, 3.05) is 12.4 Å². The van der Waals surface area contributed by atoms with Crippen LogP contribution in [0.15, 0.2) is 34.1 Å². The van der Waals surface area contributed by atoms with Crippen molar-refractivity contribution in [3.8, 4) is 17.1 Å². The van der Waals surface area contributed by atoms with Gasteiger partial charge in [-0.3, -0.25) is 4.98 Å². The predicted octanol–water partition coefficient (Wildman–Crippen LogP) is 2.93. The molecule has 8 nitrogen and oxygen atoms in total. The third-order valence-corrected chi connectivity index (χ3v) is 5.88. The van der Waals surface area contributed by atoms with Crippen molar-refractivity contribution >= 4 is 15.5 Å². The summed E-state index contributed by atoms with van der Waals surface area (Å²) in [5, 5.41) is 5.24. The van der Waals surface area contributed by atoms with E-state index in [1.165, 1.54) is 13.0 Å². The first kappa shape index (κ1) is 22.7. The van der Waals surface area contributed by atoms with Crippen LogP contribution in [0.1, 0.15) is 19.4 Å². The SMILES string of the molecule is CCS(=O)(=O)c1cc(C(F)(F)F)c2n[nH]c(=O)n2c1-c1ccc(OCC(C)(F)F)cn1. The minimum absolute atomic E-state index is 0.0899. The summed E-state index contributed by atoms with van der Waals surface area (Å²) < 4.78 is 96.9. The molecule has 0 atom stereocenters. The molecule has 0 saturated heterocycles. The zero-order chi connectivity index (χ0) is 23.2. The Morgan fingerprint density at radius 1 is 1.19 bits per heavy atom. The van der Waals surface area contributed by atoms with Crippen molar-refractivity contribution in [2.45, 2.75) is 30.8 Å². The van der Waals surface area contributed by atoms with Gasteiger partial charge in [0.05, 0.1) is 28.2 Å². The van der Waals surface area contributed by atoms with Crippen molar-refractivity contribution in [1.82, 2.24) is 19.6 Å². The number of nitrogens with one attached hydrogen (secondary N) is 1. The largest absolute Gasteiger partial charge is 0.486 e. The Balaban J connectivity index is 2.28. The van der Waals surface area contributed by atoms with Crippen molar-refractivity contribution in [2.24, 2.45) is 0 Å². The number of rotatable bonds is 6. The number of sulfone groups is 1. The average molecular weight is 466 g/mol. The molecule has 0 aliphatic carbocycles. The molecular formula is C17H15F5N4O4S. The molecule has 3 aromatic rings. The van der Waals surface area contributed by atoms with Gasteiger partial charge in [0, 0.05) is 6.92 Å².